The van der Waals surface area contributed by atoms with Crippen LogP contribution in [-0.2, 0) is 18.6 Å². The molecule has 1 aromatic carbocycles. The maximum atomic E-state index is 11.2. The molecule has 0 heterocycles. The van der Waals surface area contributed by atoms with Crippen LogP contribution in [-0.4, -0.2) is 25.1 Å². The van der Waals surface area contributed by atoms with Crippen molar-refractivity contribution >= 4 is 19.3 Å². The first kappa shape index (κ1) is 21.2. The molecule has 0 aliphatic carbocycles. The van der Waals surface area contributed by atoms with Crippen LogP contribution in [0.25, 0.3) is 0 Å². The van der Waals surface area contributed by atoms with E-state index in [1.165, 1.54) is 26.4 Å². The van der Waals surface area contributed by atoms with Gasteiger partial charge in [-0.3, -0.25) is 19.5 Å². The van der Waals surface area contributed by atoms with E-state index in [0.29, 0.717) is 0 Å². The molecule has 10 heteroatoms. The Morgan fingerprint density at radius 2 is 1.91 bits per heavy atom. The van der Waals surface area contributed by atoms with Gasteiger partial charge in [0.25, 0.3) is 5.69 Å². The Labute approximate surface area is 134 Å². The number of nitro groups is 1. The van der Waals surface area contributed by atoms with E-state index in [1.54, 1.807) is 13.0 Å². The number of ether oxygens (including phenoxy) is 1. The minimum atomic E-state index is -3.15. The van der Waals surface area contributed by atoms with Gasteiger partial charge in [-0.05, 0) is 24.0 Å². The molecule has 1 unspecified atom stereocenters. The maximum absolute atomic E-state index is 11.2. The number of hydrogen-bond acceptors (Lipinski definition) is 6. The van der Waals surface area contributed by atoms with Crippen molar-refractivity contribution in [3.63, 3.8) is 0 Å². The molecule has 1 aromatic rings. The molecule has 1 rings (SSSR count). The predicted molar refractivity (Wildman–Crippen MR) is 85.9 cm³/mol. The van der Waals surface area contributed by atoms with Crippen LogP contribution < -0.4 is 11.0 Å². The Bertz CT molecular complexity index is 601. The van der Waals surface area contributed by atoms with E-state index in [0.717, 1.165) is 11.1 Å². The molecule has 0 spiro atoms. The summed E-state index contributed by atoms with van der Waals surface area (Å²) in [6, 6.07) is 4.67. The van der Waals surface area contributed by atoms with Crippen LogP contribution in [0.2, 0.25) is 0 Å². The third kappa shape index (κ3) is 8.41. The Morgan fingerprint density at radius 3 is 2.26 bits per heavy atom. The summed E-state index contributed by atoms with van der Waals surface area (Å²) < 4.78 is 18.6. The number of nitrogens with zero attached hydrogens (tertiary/aromatic N) is 1. The second-order valence-corrected chi connectivity index (χ2v) is 6.46. The quantitative estimate of drug-likeness (QED) is 0.356. The average molecular weight is 347 g/mol. The molecule has 1 atom stereocenters. The number of hydrogen-bond donors (Lipinski definition) is 2. The zero-order chi connectivity index (χ0) is 18.2. The standard InChI is InChI=1S/C12H15NO4.CH7N2O2P/c1-8-6-10(13(15)16)4-5-11(8)9(2)7-12(14)17-3;1-5-6(2,3)4/h4-6,9H,7H2,1-3H3;1H3,(H4,2,3,4). The van der Waals surface area contributed by atoms with Crippen LogP contribution in [0.5, 0.6) is 0 Å². The second kappa shape index (κ2) is 9.36. The normalized spacial score (nSPS) is 11.9. The summed E-state index contributed by atoms with van der Waals surface area (Å²) in [6.07, 6.45) is 0.273. The number of esters is 1. The van der Waals surface area contributed by atoms with Gasteiger partial charge in [-0.25, -0.2) is 11.0 Å². The minimum Gasteiger partial charge on any atom is -0.469 e. The van der Waals surface area contributed by atoms with Crippen LogP contribution in [0, 0.1) is 17.0 Å². The van der Waals surface area contributed by atoms with Crippen LogP contribution in [0.3, 0.4) is 0 Å². The van der Waals surface area contributed by atoms with E-state index in [-0.39, 0.29) is 24.0 Å². The van der Waals surface area contributed by atoms with Gasteiger partial charge >= 0.3 is 13.6 Å². The third-order valence-electron chi connectivity index (χ3n) is 2.98. The summed E-state index contributed by atoms with van der Waals surface area (Å²) in [5.41, 5.74) is 11.1. The fourth-order valence-electron chi connectivity index (χ4n) is 1.77. The molecule has 0 fully saturated rings. The molecule has 0 aliphatic heterocycles. The Kier molecular flexibility index (Phi) is 8.63. The molecule has 0 saturated heterocycles. The van der Waals surface area contributed by atoms with Crippen molar-refractivity contribution < 1.29 is 23.5 Å². The van der Waals surface area contributed by atoms with Gasteiger partial charge in [0.05, 0.1) is 18.5 Å². The summed E-state index contributed by atoms with van der Waals surface area (Å²) in [5.74, 6) is -0.293. The molecule has 130 valence electrons. The van der Waals surface area contributed by atoms with E-state index in [4.69, 9.17) is 0 Å². The van der Waals surface area contributed by atoms with Gasteiger partial charge in [-0.1, -0.05) is 13.0 Å². The van der Waals surface area contributed by atoms with Crippen molar-refractivity contribution in [3.05, 3.63) is 39.4 Å². The first-order valence-corrected chi connectivity index (χ1v) is 8.32. The number of non-ortho nitro benzene ring substituents is 1. The monoisotopic (exact) mass is 347 g/mol. The second-order valence-electron chi connectivity index (χ2n) is 4.81. The lowest BCUT2D eigenvalue weighted by Gasteiger charge is -2.13. The Morgan fingerprint density at radius 1 is 1.39 bits per heavy atom. The van der Waals surface area contributed by atoms with Gasteiger partial charge in [0, 0.05) is 19.2 Å². The molecule has 0 aromatic heterocycles. The molecular formula is C13H22N3O6P. The van der Waals surface area contributed by atoms with Gasteiger partial charge in [0.15, 0.2) is 0 Å². The summed E-state index contributed by atoms with van der Waals surface area (Å²) in [4.78, 5) is 21.3. The molecule has 4 N–H and O–H groups in total. The lowest BCUT2D eigenvalue weighted by atomic mass is 9.93. The fourth-order valence-corrected chi connectivity index (χ4v) is 1.77. The summed E-state index contributed by atoms with van der Waals surface area (Å²) in [6.45, 7) is 3.70. The van der Waals surface area contributed by atoms with Crippen molar-refractivity contribution in [2.45, 2.75) is 26.2 Å². The fraction of sp³-hybridized carbons (Fsp3) is 0.462. The molecular weight excluding hydrogens is 325 g/mol. The molecule has 0 saturated carbocycles. The van der Waals surface area contributed by atoms with Crippen LogP contribution >= 0.6 is 7.67 Å². The number of carbonyl (C=O) groups excluding carboxylic acids is 1. The highest BCUT2D eigenvalue weighted by atomic mass is 31.2. The number of aryl methyl sites for hydroxylation is 1. The van der Waals surface area contributed by atoms with Gasteiger partial charge < -0.3 is 9.26 Å². The number of benzene rings is 1. The molecule has 0 aliphatic rings. The Balaban J connectivity index is 0.000000688. The SMILES string of the molecule is COC(=O)CC(C)c1ccc([N+](=O)[O-])cc1C.COP(N)(N)=O. The largest absolute Gasteiger partial charge is 0.469 e. The molecule has 9 nitrogen and oxygen atoms in total. The van der Waals surface area contributed by atoms with Gasteiger partial charge in [-0.2, -0.15) is 0 Å². The smallest absolute Gasteiger partial charge is 0.335 e. The van der Waals surface area contributed by atoms with Crippen molar-refractivity contribution in [1.29, 1.82) is 0 Å². The van der Waals surface area contributed by atoms with Crippen molar-refractivity contribution in [1.82, 2.24) is 0 Å². The minimum absolute atomic E-state index is 0.0109. The molecule has 0 radical (unpaired) electrons. The molecule has 0 bridgehead atoms. The third-order valence-corrected chi connectivity index (χ3v) is 3.55. The number of methoxy groups -OCH3 is 1. The van der Waals surface area contributed by atoms with E-state index in [2.05, 4.69) is 20.3 Å². The number of nitro benzene ring substituents is 1. The first-order chi connectivity index (χ1) is 10.5. The Hall–Kier alpha value is -1.80. The van der Waals surface area contributed by atoms with Gasteiger partial charge in [-0.15, -0.1) is 0 Å². The lowest BCUT2D eigenvalue weighted by molar-refractivity contribution is -0.384. The highest BCUT2D eigenvalue weighted by Gasteiger charge is 2.15. The average Bonchev–Trinajstić information content (AvgIpc) is 2.46. The van der Waals surface area contributed by atoms with E-state index < -0.39 is 12.6 Å². The van der Waals surface area contributed by atoms with E-state index in [9.17, 15) is 19.5 Å². The summed E-state index contributed by atoms with van der Waals surface area (Å²) in [7, 11) is -0.606. The maximum Gasteiger partial charge on any atom is 0.335 e. The van der Waals surface area contributed by atoms with E-state index >= 15 is 0 Å². The van der Waals surface area contributed by atoms with Gasteiger partial charge in [0.1, 0.15) is 0 Å². The summed E-state index contributed by atoms with van der Waals surface area (Å²) in [5, 5.41) is 10.6. The predicted octanol–water partition coefficient (Wildman–Crippen LogP) is 2.23. The number of rotatable bonds is 5. The van der Waals surface area contributed by atoms with Crippen molar-refractivity contribution in [2.75, 3.05) is 14.2 Å². The highest BCUT2D eigenvalue weighted by Crippen LogP contribution is 2.26. The molecule has 0 amide bonds. The summed E-state index contributed by atoms with van der Waals surface area (Å²) >= 11 is 0. The van der Waals surface area contributed by atoms with Crippen molar-refractivity contribution in [2.24, 2.45) is 11.0 Å². The topological polar surface area (TPSA) is 148 Å². The molecule has 23 heavy (non-hydrogen) atoms. The highest BCUT2D eigenvalue weighted by molar-refractivity contribution is 7.53. The zero-order valence-electron chi connectivity index (χ0n) is 13.5. The van der Waals surface area contributed by atoms with Crippen LogP contribution in [0.15, 0.2) is 18.2 Å². The first-order valence-electron chi connectivity index (χ1n) is 6.56. The van der Waals surface area contributed by atoms with E-state index in [1.807, 2.05) is 6.92 Å². The number of nitrogens with two attached hydrogens (primary N) is 2. The van der Waals surface area contributed by atoms with Crippen LogP contribution in [0.1, 0.15) is 30.4 Å². The van der Waals surface area contributed by atoms with Crippen molar-refractivity contribution in [3.8, 4) is 0 Å². The lowest BCUT2D eigenvalue weighted by Crippen LogP contribution is -2.07. The van der Waals surface area contributed by atoms with Gasteiger partial charge in [0.2, 0.25) is 0 Å². The van der Waals surface area contributed by atoms with Crippen LogP contribution in [0.4, 0.5) is 5.69 Å². The number of carbonyl (C=O) groups is 1. The zero-order valence-corrected chi connectivity index (χ0v) is 14.4.